The third-order valence-corrected chi connectivity index (χ3v) is 5.33. The van der Waals surface area contributed by atoms with Crippen LogP contribution >= 0.6 is 11.3 Å². The van der Waals surface area contributed by atoms with E-state index in [4.69, 9.17) is 27.2 Å². The number of nitrogens with zero attached hydrogens (tertiary/aromatic N) is 1. The summed E-state index contributed by atoms with van der Waals surface area (Å²) in [7, 11) is -4.13. The first-order valence-electron chi connectivity index (χ1n) is 9.04. The van der Waals surface area contributed by atoms with Crippen LogP contribution in [0.3, 0.4) is 0 Å². The lowest BCUT2D eigenvalue weighted by atomic mass is 10.0. The molecule has 14 heteroatoms. The first-order valence-corrected chi connectivity index (χ1v) is 11.3. The highest BCUT2D eigenvalue weighted by Gasteiger charge is 2.47. The number of nitrogens with one attached hydrogen (secondary N) is 1. The van der Waals surface area contributed by atoms with Crippen LogP contribution in [0.25, 0.3) is 0 Å². The van der Waals surface area contributed by atoms with Crippen molar-refractivity contribution < 1.29 is 49.7 Å². The largest absolute Gasteiger partial charge is 0.741 e. The summed E-state index contributed by atoms with van der Waals surface area (Å²) in [6.45, 7) is 11.2. The zero-order valence-corrected chi connectivity index (χ0v) is 19.8. The fraction of sp³-hybridized carbons (Fsp3) is 0.765. The van der Waals surface area contributed by atoms with Crippen molar-refractivity contribution in [2.24, 2.45) is 7.05 Å². The number of hydrogen-bond acceptors (Lipinski definition) is 8. The maximum Gasteiger partial charge on any atom is 0.485 e. The Morgan fingerprint density at radius 2 is 1.81 bits per heavy atom. The number of alkyl halides is 3. The molecule has 0 unspecified atom stereocenters. The summed E-state index contributed by atoms with van der Waals surface area (Å²) in [5.41, 5.74) is -6.20. The molecule has 1 saturated heterocycles. The molecule has 31 heavy (non-hydrogen) atoms. The van der Waals surface area contributed by atoms with Gasteiger partial charge in [-0.1, -0.05) is 11.3 Å². The van der Waals surface area contributed by atoms with Gasteiger partial charge in [0.05, 0.1) is 17.5 Å². The molecule has 0 spiro atoms. The number of ether oxygens (including phenoxy) is 3. The highest BCUT2D eigenvalue weighted by molar-refractivity contribution is 7.86. The summed E-state index contributed by atoms with van der Waals surface area (Å²) in [5.74, 6) is -0.715. The first kappa shape index (κ1) is 27.6. The predicted molar refractivity (Wildman–Crippen MR) is 103 cm³/mol. The zero-order chi connectivity index (χ0) is 24.4. The minimum absolute atomic E-state index is 0.210. The van der Waals surface area contributed by atoms with Crippen molar-refractivity contribution in [2.45, 2.75) is 76.7 Å². The Balaban J connectivity index is 0.000000512. The van der Waals surface area contributed by atoms with Crippen LogP contribution < -0.4 is 9.88 Å². The fourth-order valence-corrected chi connectivity index (χ4v) is 3.57. The van der Waals surface area contributed by atoms with Gasteiger partial charge in [0.1, 0.15) is 12.6 Å². The van der Waals surface area contributed by atoms with E-state index in [-0.39, 0.29) is 18.2 Å². The van der Waals surface area contributed by atoms with Crippen LogP contribution in [0.2, 0.25) is 0 Å². The van der Waals surface area contributed by atoms with Crippen LogP contribution in [-0.2, 0) is 31.4 Å². The SMILES string of the molecule is C[C@H]1OC(C)(C)O[C@@H](c2scc[n+]2C)[C@@H]1NC(=O)OC(C)(C)C.O=S(=O)([O-])C(F)(F)F. The van der Waals surface area contributed by atoms with E-state index in [0.717, 1.165) is 5.01 Å². The Labute approximate surface area is 183 Å². The molecule has 1 fully saturated rings. The molecular weight excluding hydrogens is 465 g/mol. The quantitative estimate of drug-likeness (QED) is 0.383. The summed E-state index contributed by atoms with van der Waals surface area (Å²) in [6, 6.07) is -0.331. The summed E-state index contributed by atoms with van der Waals surface area (Å²) >= 11 is 1.59. The number of alkyl carbamates (subject to hydrolysis) is 1. The number of rotatable bonds is 2. The molecule has 0 bridgehead atoms. The number of hydrogen-bond donors (Lipinski definition) is 1. The van der Waals surface area contributed by atoms with Gasteiger partial charge in [0.2, 0.25) is 0 Å². The number of thiazole rings is 1. The molecule has 1 aromatic heterocycles. The number of aromatic nitrogens is 1. The van der Waals surface area contributed by atoms with Crippen LogP contribution in [0.5, 0.6) is 0 Å². The summed E-state index contributed by atoms with van der Waals surface area (Å²) in [5, 5.41) is 5.93. The Kier molecular flexibility index (Phi) is 8.50. The average Bonchev–Trinajstić information content (AvgIpc) is 2.92. The second-order valence-corrected chi connectivity index (χ2v) is 10.5. The van der Waals surface area contributed by atoms with Crippen molar-refractivity contribution >= 4 is 27.5 Å². The number of aryl methyl sites for hydroxylation is 1. The topological polar surface area (TPSA) is 118 Å². The average molecular weight is 493 g/mol. The molecule has 1 aliphatic heterocycles. The standard InChI is InChI=1S/C16H26N2O4S.CHF3O3S/c1-10-11(17-14(19)22-15(2,3)4)12(21-16(5,6)20-10)13-18(7)8-9-23-13;2-1(3,4)8(5,6)7/h8-12H,1-7H3;(H,5,6,7)/t10-,11-,12-;/m1./s1. The number of halogens is 3. The molecule has 1 N–H and O–H groups in total. The summed E-state index contributed by atoms with van der Waals surface area (Å²) < 4.78 is 78.3. The smallest absolute Gasteiger partial charge is 0.485 e. The van der Waals surface area contributed by atoms with E-state index in [1.54, 1.807) is 11.3 Å². The van der Waals surface area contributed by atoms with Crippen molar-refractivity contribution in [3.8, 4) is 0 Å². The highest BCUT2D eigenvalue weighted by atomic mass is 32.2. The zero-order valence-electron chi connectivity index (χ0n) is 18.1. The second-order valence-electron chi connectivity index (χ2n) is 8.19. The van der Waals surface area contributed by atoms with E-state index in [1.165, 1.54) is 0 Å². The van der Waals surface area contributed by atoms with Crippen LogP contribution in [0.4, 0.5) is 18.0 Å². The molecule has 2 heterocycles. The molecule has 0 aliphatic carbocycles. The van der Waals surface area contributed by atoms with Gasteiger partial charge in [-0.25, -0.2) is 13.2 Å². The Morgan fingerprint density at radius 1 is 1.29 bits per heavy atom. The van der Waals surface area contributed by atoms with Crippen molar-refractivity contribution in [3.63, 3.8) is 0 Å². The molecule has 3 atom stereocenters. The Hall–Kier alpha value is -1.48. The lowest BCUT2D eigenvalue weighted by Crippen LogP contribution is -2.58. The third-order valence-electron chi connectivity index (χ3n) is 3.74. The van der Waals surface area contributed by atoms with Crippen molar-refractivity contribution in [1.82, 2.24) is 5.32 Å². The fourth-order valence-electron chi connectivity index (χ4n) is 2.63. The molecular formula is C17H27F3N2O7S2. The van der Waals surface area contributed by atoms with Gasteiger partial charge in [0.15, 0.2) is 28.2 Å². The molecule has 0 saturated carbocycles. The van der Waals surface area contributed by atoms with Crippen molar-refractivity contribution in [2.75, 3.05) is 0 Å². The molecule has 1 amide bonds. The van der Waals surface area contributed by atoms with Gasteiger partial charge in [-0.05, 0) is 41.5 Å². The van der Waals surface area contributed by atoms with Gasteiger partial charge in [-0.3, -0.25) is 0 Å². The first-order chi connectivity index (χ1) is 13.7. The van der Waals surface area contributed by atoms with Gasteiger partial charge >= 0.3 is 11.6 Å². The number of carbonyl (C=O) groups excluding carboxylic acids is 1. The van der Waals surface area contributed by atoms with E-state index in [2.05, 4.69) is 5.32 Å². The Bertz CT molecular complexity index is 864. The maximum absolute atomic E-state index is 12.2. The van der Waals surface area contributed by atoms with Crippen LogP contribution in [0, 0.1) is 0 Å². The Morgan fingerprint density at radius 3 is 2.19 bits per heavy atom. The van der Waals surface area contributed by atoms with Crippen LogP contribution in [0.15, 0.2) is 11.6 Å². The highest BCUT2D eigenvalue weighted by Crippen LogP contribution is 2.36. The van der Waals surface area contributed by atoms with E-state index in [1.807, 2.05) is 64.7 Å². The monoisotopic (exact) mass is 492 g/mol. The van der Waals surface area contributed by atoms with E-state index >= 15 is 0 Å². The minimum atomic E-state index is -6.09. The second kappa shape index (κ2) is 9.57. The van der Waals surface area contributed by atoms with Gasteiger partial charge < -0.3 is 24.1 Å². The third kappa shape index (κ3) is 8.52. The molecule has 1 aromatic rings. The van der Waals surface area contributed by atoms with E-state index in [0.29, 0.717) is 0 Å². The van der Waals surface area contributed by atoms with Crippen molar-refractivity contribution in [3.05, 3.63) is 16.6 Å². The van der Waals surface area contributed by atoms with Crippen molar-refractivity contribution in [1.29, 1.82) is 0 Å². The number of carbonyl (C=O) groups is 1. The molecule has 9 nitrogen and oxygen atoms in total. The van der Waals surface area contributed by atoms with Gasteiger partial charge in [-0.2, -0.15) is 17.7 Å². The molecule has 0 radical (unpaired) electrons. The molecule has 0 aromatic carbocycles. The van der Waals surface area contributed by atoms with Crippen LogP contribution in [0.1, 0.15) is 52.7 Å². The lowest BCUT2D eigenvalue weighted by Gasteiger charge is -2.43. The van der Waals surface area contributed by atoms with Gasteiger partial charge in [0.25, 0.3) is 5.01 Å². The maximum atomic E-state index is 12.2. The summed E-state index contributed by atoms with van der Waals surface area (Å²) in [4.78, 5) is 12.2. The van der Waals surface area contributed by atoms with E-state index < -0.39 is 33.1 Å². The van der Waals surface area contributed by atoms with Crippen LogP contribution in [-0.4, -0.2) is 48.1 Å². The molecule has 2 rings (SSSR count). The molecule has 1 aliphatic rings. The summed E-state index contributed by atoms with van der Waals surface area (Å²) in [6.07, 6.45) is 0.996. The van der Waals surface area contributed by atoms with Gasteiger partial charge in [0, 0.05) is 0 Å². The minimum Gasteiger partial charge on any atom is -0.741 e. The predicted octanol–water partition coefficient (Wildman–Crippen LogP) is 2.73. The lowest BCUT2D eigenvalue weighted by molar-refractivity contribution is -0.679. The van der Waals surface area contributed by atoms with E-state index in [9.17, 15) is 18.0 Å². The molecule has 180 valence electrons. The normalized spacial score (nSPS) is 24.0. The van der Waals surface area contributed by atoms with Gasteiger partial charge in [-0.15, -0.1) is 0 Å². The number of amides is 1.